The van der Waals surface area contributed by atoms with Gasteiger partial charge in [-0.3, -0.25) is 9.80 Å². The van der Waals surface area contributed by atoms with Gasteiger partial charge >= 0.3 is 12.1 Å². The van der Waals surface area contributed by atoms with Crippen LogP contribution in [0, 0.1) is 17.1 Å². The Hall–Kier alpha value is -2.83. The maximum Gasteiger partial charge on any atom is 0.407 e. The molecule has 2 atom stereocenters. The third-order valence-electron chi connectivity index (χ3n) is 5.54. The zero-order valence-electron chi connectivity index (χ0n) is 19.3. The van der Waals surface area contributed by atoms with Crippen LogP contribution in [-0.4, -0.2) is 64.8 Å². The summed E-state index contributed by atoms with van der Waals surface area (Å²) in [6, 6.07) is 5.36. The zero-order chi connectivity index (χ0) is 24.3. The molecule has 2 aliphatic rings. The van der Waals surface area contributed by atoms with Crippen LogP contribution in [0.2, 0.25) is 0 Å². The monoisotopic (exact) mass is 477 g/mol. The molecule has 0 radical (unpaired) electrons. The molecule has 178 valence electrons. The summed E-state index contributed by atoms with van der Waals surface area (Å²) in [5, 5.41) is 12.4. The van der Waals surface area contributed by atoms with Crippen molar-refractivity contribution in [2.24, 2.45) is 0 Å². The van der Waals surface area contributed by atoms with Crippen molar-refractivity contribution in [2.75, 3.05) is 20.1 Å². The maximum atomic E-state index is 13.7. The Bertz CT molecular complexity index is 987. The molecule has 8 nitrogen and oxygen atoms in total. The topological polar surface area (TPSA) is 88.9 Å². The molecular weight excluding hydrogens is 449 g/mol. The number of likely N-dealkylation sites (tertiary alicyclic amines) is 1. The second kappa shape index (κ2) is 9.98. The lowest BCUT2D eigenvalue weighted by atomic mass is 10.0. The number of piperidine rings is 1. The second-order valence-electron chi connectivity index (χ2n) is 9.28. The van der Waals surface area contributed by atoms with Crippen LogP contribution in [0.5, 0.6) is 0 Å². The van der Waals surface area contributed by atoms with Gasteiger partial charge in [-0.25, -0.2) is 14.0 Å². The van der Waals surface area contributed by atoms with E-state index in [-0.39, 0.29) is 29.3 Å². The number of halogens is 2. The summed E-state index contributed by atoms with van der Waals surface area (Å²) in [6.45, 7) is 6.68. The highest BCUT2D eigenvalue weighted by atomic mass is 35.5. The van der Waals surface area contributed by atoms with Gasteiger partial charge < -0.3 is 15.0 Å². The molecule has 2 aliphatic heterocycles. The molecule has 1 aromatic carbocycles. The van der Waals surface area contributed by atoms with Crippen LogP contribution in [0.3, 0.4) is 0 Å². The Kier molecular flexibility index (Phi) is 7.50. The first kappa shape index (κ1) is 24.8. The van der Waals surface area contributed by atoms with Crippen LogP contribution in [-0.2, 0) is 11.3 Å². The van der Waals surface area contributed by atoms with Gasteiger partial charge in [-0.2, -0.15) is 5.26 Å². The van der Waals surface area contributed by atoms with Crippen LogP contribution in [0.15, 0.2) is 29.4 Å². The molecule has 10 heteroatoms. The average molecular weight is 478 g/mol. The molecule has 1 saturated heterocycles. The van der Waals surface area contributed by atoms with E-state index in [1.54, 1.807) is 18.0 Å². The molecule has 1 aromatic rings. The molecule has 0 aromatic heterocycles. The third-order valence-corrected chi connectivity index (χ3v) is 5.87. The van der Waals surface area contributed by atoms with Gasteiger partial charge in [0.1, 0.15) is 22.7 Å². The Morgan fingerprint density at radius 3 is 2.79 bits per heavy atom. The van der Waals surface area contributed by atoms with Crippen molar-refractivity contribution in [3.05, 3.63) is 46.4 Å². The minimum absolute atomic E-state index is 0.0191. The number of benzene rings is 1. The van der Waals surface area contributed by atoms with Gasteiger partial charge in [0.25, 0.3) is 0 Å². The van der Waals surface area contributed by atoms with Crippen molar-refractivity contribution in [3.8, 4) is 6.07 Å². The van der Waals surface area contributed by atoms with Crippen molar-refractivity contribution >= 4 is 23.7 Å². The molecule has 0 spiro atoms. The van der Waals surface area contributed by atoms with E-state index in [4.69, 9.17) is 16.3 Å². The van der Waals surface area contributed by atoms with E-state index in [0.717, 1.165) is 19.4 Å². The van der Waals surface area contributed by atoms with Gasteiger partial charge in [-0.05, 0) is 63.5 Å². The molecule has 2 heterocycles. The van der Waals surface area contributed by atoms with Gasteiger partial charge in [0.15, 0.2) is 0 Å². The number of amides is 3. The number of ether oxygens (including phenoxy) is 1. The summed E-state index contributed by atoms with van der Waals surface area (Å²) in [6.07, 6.45) is 2.53. The normalized spacial score (nSPS) is 22.0. The first-order valence-corrected chi connectivity index (χ1v) is 11.2. The van der Waals surface area contributed by atoms with E-state index in [0.29, 0.717) is 12.1 Å². The summed E-state index contributed by atoms with van der Waals surface area (Å²) in [7, 11) is 1.67. The van der Waals surface area contributed by atoms with Gasteiger partial charge in [-0.1, -0.05) is 11.6 Å². The predicted molar refractivity (Wildman–Crippen MR) is 122 cm³/mol. The Labute approximate surface area is 198 Å². The number of alkyl carbamates (subject to hydrolysis) is 1. The lowest BCUT2D eigenvalue weighted by Gasteiger charge is -2.44. The van der Waals surface area contributed by atoms with Crippen LogP contribution in [0.4, 0.5) is 14.0 Å². The SMILES string of the molecule is CN1C(=O)N(Cc2cc(F)ccc2C#N)C(Cl)=CC1N1CCC[C@@H](NC(=O)OC(C)(C)C)C1. The van der Waals surface area contributed by atoms with Crippen molar-refractivity contribution < 1.29 is 18.7 Å². The molecule has 1 N–H and O–H groups in total. The molecule has 0 aliphatic carbocycles. The number of carbonyl (C=O) groups is 2. The summed E-state index contributed by atoms with van der Waals surface area (Å²) < 4.78 is 19.1. The smallest absolute Gasteiger partial charge is 0.407 e. The Morgan fingerprint density at radius 2 is 2.12 bits per heavy atom. The predicted octanol–water partition coefficient (Wildman–Crippen LogP) is 3.96. The van der Waals surface area contributed by atoms with Crippen molar-refractivity contribution in [1.29, 1.82) is 5.26 Å². The molecule has 3 amide bonds. The number of hydrogen-bond donors (Lipinski definition) is 1. The minimum Gasteiger partial charge on any atom is -0.444 e. The number of likely N-dealkylation sites (N-methyl/N-ethyl adjacent to an activating group) is 1. The quantitative estimate of drug-likeness (QED) is 0.663. The van der Waals surface area contributed by atoms with Crippen LogP contribution >= 0.6 is 11.6 Å². The number of nitriles is 1. The lowest BCUT2D eigenvalue weighted by Crippen LogP contribution is -2.59. The summed E-state index contributed by atoms with van der Waals surface area (Å²) in [5.74, 6) is -0.489. The van der Waals surface area contributed by atoms with Crippen molar-refractivity contribution in [3.63, 3.8) is 0 Å². The minimum atomic E-state index is -0.582. The van der Waals surface area contributed by atoms with E-state index in [9.17, 15) is 19.2 Å². The molecule has 1 fully saturated rings. The van der Waals surface area contributed by atoms with Gasteiger partial charge in [0.2, 0.25) is 0 Å². The lowest BCUT2D eigenvalue weighted by molar-refractivity contribution is 0.0382. The van der Waals surface area contributed by atoms with E-state index >= 15 is 0 Å². The maximum absolute atomic E-state index is 13.7. The highest BCUT2D eigenvalue weighted by Crippen LogP contribution is 2.28. The fraction of sp³-hybridized carbons (Fsp3) is 0.522. The average Bonchev–Trinajstić information content (AvgIpc) is 2.72. The van der Waals surface area contributed by atoms with E-state index in [1.165, 1.54) is 23.1 Å². The number of carbonyl (C=O) groups excluding carboxylic acids is 2. The highest BCUT2D eigenvalue weighted by molar-refractivity contribution is 6.30. The summed E-state index contributed by atoms with van der Waals surface area (Å²) in [4.78, 5) is 30.2. The fourth-order valence-corrected chi connectivity index (χ4v) is 4.27. The van der Waals surface area contributed by atoms with Crippen LogP contribution < -0.4 is 5.32 Å². The molecule has 33 heavy (non-hydrogen) atoms. The highest BCUT2D eigenvalue weighted by Gasteiger charge is 2.37. The van der Waals surface area contributed by atoms with Crippen LogP contribution in [0.1, 0.15) is 44.7 Å². The summed E-state index contributed by atoms with van der Waals surface area (Å²) >= 11 is 6.48. The molecular formula is C23H29ClFN5O3. The number of nitrogens with zero attached hydrogens (tertiary/aromatic N) is 4. The molecule has 1 unspecified atom stereocenters. The first-order chi connectivity index (χ1) is 15.5. The van der Waals surface area contributed by atoms with Crippen molar-refractivity contribution in [2.45, 2.75) is 58.0 Å². The third kappa shape index (κ3) is 6.15. The van der Waals surface area contributed by atoms with Gasteiger partial charge in [0, 0.05) is 26.2 Å². The molecule has 0 bridgehead atoms. The Morgan fingerprint density at radius 1 is 1.39 bits per heavy atom. The number of urea groups is 1. The van der Waals surface area contributed by atoms with Crippen molar-refractivity contribution in [1.82, 2.24) is 20.0 Å². The van der Waals surface area contributed by atoms with E-state index in [2.05, 4.69) is 10.2 Å². The van der Waals surface area contributed by atoms with Gasteiger partial charge in [0.05, 0.1) is 18.2 Å². The van der Waals surface area contributed by atoms with Crippen LogP contribution in [0.25, 0.3) is 0 Å². The number of hydrogen-bond acceptors (Lipinski definition) is 5. The zero-order valence-corrected chi connectivity index (χ0v) is 20.0. The fourth-order valence-electron chi connectivity index (χ4n) is 4.02. The van der Waals surface area contributed by atoms with E-state index in [1.807, 2.05) is 26.8 Å². The van der Waals surface area contributed by atoms with E-state index < -0.39 is 23.7 Å². The number of nitrogens with one attached hydrogen (secondary N) is 1. The molecule has 3 rings (SSSR count). The van der Waals surface area contributed by atoms with Gasteiger partial charge in [-0.15, -0.1) is 0 Å². The largest absolute Gasteiger partial charge is 0.444 e. The molecule has 0 saturated carbocycles. The second-order valence-corrected chi connectivity index (χ2v) is 9.66. The number of rotatable bonds is 4. The summed E-state index contributed by atoms with van der Waals surface area (Å²) in [5.41, 5.74) is 0.0794. The Balaban J connectivity index is 1.72. The first-order valence-electron chi connectivity index (χ1n) is 10.8. The standard InChI is InChI=1S/C23H29ClFN5O3/c1-23(2,3)33-21(31)27-18-6-5-9-29(14-18)20-11-19(24)30(22(32)28(20)4)13-16-10-17(25)8-7-15(16)12-26/h7-8,10-11,18,20H,5-6,9,13-14H2,1-4H3,(H,27,31)/t18-,20?/m1/s1.